The van der Waals surface area contributed by atoms with E-state index in [0.29, 0.717) is 31.5 Å². The summed E-state index contributed by atoms with van der Waals surface area (Å²) in [6.07, 6.45) is 1.66. The van der Waals surface area contributed by atoms with Gasteiger partial charge in [0.2, 0.25) is 0 Å². The van der Waals surface area contributed by atoms with Crippen molar-refractivity contribution >= 4 is 57.8 Å². The molecule has 1 aromatic heterocycles. The Kier molecular flexibility index (Phi) is 6.76. The Labute approximate surface area is 203 Å². The van der Waals surface area contributed by atoms with Crippen LogP contribution in [0.4, 0.5) is 5.69 Å². The van der Waals surface area contributed by atoms with Crippen LogP contribution in [0.25, 0.3) is 17.3 Å². The SMILES string of the molecule is N#C/C(C(=O)Nc1ccc(Cl)cc1)=c1/s/c(=C/c2ccccc2Cl)c(=O)n1-c1ccccc1. The molecule has 162 valence electrons. The first-order chi connectivity index (χ1) is 16.0. The molecule has 1 amide bonds. The number of halogens is 2. The van der Waals surface area contributed by atoms with Gasteiger partial charge < -0.3 is 5.32 Å². The van der Waals surface area contributed by atoms with Crippen LogP contribution >= 0.6 is 34.5 Å². The van der Waals surface area contributed by atoms with E-state index in [4.69, 9.17) is 23.2 Å². The van der Waals surface area contributed by atoms with E-state index >= 15 is 0 Å². The van der Waals surface area contributed by atoms with Crippen molar-refractivity contribution in [3.63, 3.8) is 0 Å². The van der Waals surface area contributed by atoms with Gasteiger partial charge in [-0.15, -0.1) is 11.3 Å². The fourth-order valence-corrected chi connectivity index (χ4v) is 4.53. The maximum Gasteiger partial charge on any atom is 0.273 e. The lowest BCUT2D eigenvalue weighted by Crippen LogP contribution is -2.32. The Morgan fingerprint density at radius 3 is 2.30 bits per heavy atom. The van der Waals surface area contributed by atoms with Crippen molar-refractivity contribution in [2.45, 2.75) is 0 Å². The number of hydrogen-bond acceptors (Lipinski definition) is 4. The molecule has 4 aromatic rings. The second-order valence-electron chi connectivity index (χ2n) is 6.86. The number of carbonyl (C=O) groups is 1. The summed E-state index contributed by atoms with van der Waals surface area (Å²) in [4.78, 5) is 26.4. The summed E-state index contributed by atoms with van der Waals surface area (Å²) in [5.41, 5.74) is 1.14. The second-order valence-corrected chi connectivity index (χ2v) is 8.74. The zero-order chi connectivity index (χ0) is 23.4. The fourth-order valence-electron chi connectivity index (χ4n) is 3.12. The van der Waals surface area contributed by atoms with Gasteiger partial charge in [-0.2, -0.15) is 5.26 Å². The minimum atomic E-state index is -0.630. The summed E-state index contributed by atoms with van der Waals surface area (Å²) >= 11 is 13.2. The number of aromatic nitrogens is 1. The highest BCUT2D eigenvalue weighted by Crippen LogP contribution is 2.16. The number of thiazole rings is 1. The third-order valence-corrected chi connectivity index (χ3v) is 6.37. The predicted molar refractivity (Wildman–Crippen MR) is 133 cm³/mol. The Morgan fingerprint density at radius 1 is 0.970 bits per heavy atom. The van der Waals surface area contributed by atoms with Crippen LogP contribution < -0.4 is 20.1 Å². The first kappa shape index (κ1) is 22.6. The topological polar surface area (TPSA) is 74.9 Å². The van der Waals surface area contributed by atoms with Crippen LogP contribution in [0.15, 0.2) is 83.7 Å². The molecule has 0 radical (unpaired) electrons. The molecule has 1 N–H and O–H groups in total. The lowest BCUT2D eigenvalue weighted by molar-refractivity contribution is -0.111. The number of carbonyl (C=O) groups excluding carboxylic acids is 1. The van der Waals surface area contributed by atoms with Crippen LogP contribution in [-0.4, -0.2) is 10.5 Å². The van der Waals surface area contributed by atoms with Gasteiger partial charge in [-0.05, 0) is 54.1 Å². The summed E-state index contributed by atoms with van der Waals surface area (Å²) in [5, 5.41) is 13.6. The monoisotopic (exact) mass is 491 g/mol. The van der Waals surface area contributed by atoms with Crippen LogP contribution in [-0.2, 0) is 4.79 Å². The van der Waals surface area contributed by atoms with Gasteiger partial charge in [0.25, 0.3) is 11.5 Å². The van der Waals surface area contributed by atoms with Gasteiger partial charge in [0.1, 0.15) is 10.7 Å². The summed E-state index contributed by atoms with van der Waals surface area (Å²) in [7, 11) is 0. The predicted octanol–water partition coefficient (Wildman–Crippen LogP) is 4.35. The highest BCUT2D eigenvalue weighted by Gasteiger charge is 2.17. The largest absolute Gasteiger partial charge is 0.321 e. The first-order valence-electron chi connectivity index (χ1n) is 9.73. The summed E-state index contributed by atoms with van der Waals surface area (Å²) < 4.78 is 1.93. The minimum Gasteiger partial charge on any atom is -0.321 e. The molecule has 0 aliphatic carbocycles. The van der Waals surface area contributed by atoms with Crippen molar-refractivity contribution in [2.24, 2.45) is 0 Å². The first-order valence-corrected chi connectivity index (χ1v) is 11.3. The molecule has 0 spiro atoms. The molecule has 1 heterocycles. The van der Waals surface area contributed by atoms with Gasteiger partial charge >= 0.3 is 0 Å². The molecule has 4 rings (SSSR count). The van der Waals surface area contributed by atoms with Crippen LogP contribution in [0.3, 0.4) is 0 Å². The summed E-state index contributed by atoms with van der Waals surface area (Å²) in [6.45, 7) is 0. The average Bonchev–Trinajstić information content (AvgIpc) is 3.13. The van der Waals surface area contributed by atoms with E-state index in [-0.39, 0.29) is 15.8 Å². The molecule has 0 atom stereocenters. The standard InChI is InChI=1S/C25H15Cl2N3O2S/c26-17-10-12-18(13-11-17)29-23(31)20(15-28)25-30(19-7-2-1-3-8-19)24(32)22(33-25)14-16-6-4-5-9-21(16)27/h1-14H,(H,29,31)/b22-14+,25-20-. The van der Waals surface area contributed by atoms with Gasteiger partial charge in [-0.3, -0.25) is 14.2 Å². The molecule has 0 fully saturated rings. The lowest BCUT2D eigenvalue weighted by atomic mass is 10.2. The fraction of sp³-hybridized carbons (Fsp3) is 0. The number of benzene rings is 3. The van der Waals surface area contributed by atoms with Gasteiger partial charge in [0.15, 0.2) is 5.57 Å². The molecule has 0 unspecified atom stereocenters. The van der Waals surface area contributed by atoms with Gasteiger partial charge in [-0.1, -0.05) is 59.6 Å². The molecule has 0 aliphatic heterocycles. The van der Waals surface area contributed by atoms with E-state index in [0.717, 1.165) is 11.3 Å². The van der Waals surface area contributed by atoms with Crippen molar-refractivity contribution < 1.29 is 4.79 Å². The number of hydrogen-bond donors (Lipinski definition) is 1. The average molecular weight is 492 g/mol. The molecule has 8 heteroatoms. The highest BCUT2D eigenvalue weighted by molar-refractivity contribution is 7.07. The van der Waals surface area contributed by atoms with E-state index in [1.165, 1.54) is 4.57 Å². The maximum absolute atomic E-state index is 13.4. The van der Waals surface area contributed by atoms with Gasteiger partial charge in [0, 0.05) is 15.7 Å². The lowest BCUT2D eigenvalue weighted by Gasteiger charge is -2.06. The molecule has 0 saturated heterocycles. The number of amides is 1. The van der Waals surface area contributed by atoms with E-state index in [1.807, 2.05) is 18.2 Å². The van der Waals surface area contributed by atoms with Crippen molar-refractivity contribution in [1.29, 1.82) is 5.26 Å². The maximum atomic E-state index is 13.4. The Morgan fingerprint density at radius 2 is 1.64 bits per heavy atom. The normalized spacial score (nSPS) is 12.2. The van der Waals surface area contributed by atoms with Gasteiger partial charge in [-0.25, -0.2) is 0 Å². The number of rotatable bonds is 4. The minimum absolute atomic E-state index is 0.185. The molecular formula is C25H15Cl2N3O2S. The molecule has 0 bridgehead atoms. The Bertz CT molecular complexity index is 1550. The van der Waals surface area contributed by atoms with Crippen LogP contribution in [0.1, 0.15) is 5.56 Å². The van der Waals surface area contributed by atoms with Crippen molar-refractivity contribution in [3.05, 3.63) is 114 Å². The smallest absolute Gasteiger partial charge is 0.273 e. The van der Waals surface area contributed by atoms with Gasteiger partial charge in [0.05, 0.1) is 10.2 Å². The molecule has 3 aromatic carbocycles. The second kappa shape index (κ2) is 9.88. The number of nitriles is 1. The van der Waals surface area contributed by atoms with E-state index in [2.05, 4.69) is 5.32 Å². The van der Waals surface area contributed by atoms with Crippen LogP contribution in [0.2, 0.25) is 10.0 Å². The van der Waals surface area contributed by atoms with E-state index in [9.17, 15) is 14.9 Å². The van der Waals surface area contributed by atoms with Crippen molar-refractivity contribution in [2.75, 3.05) is 5.32 Å². The Balaban J connectivity index is 1.95. The molecule has 33 heavy (non-hydrogen) atoms. The molecule has 0 aliphatic rings. The zero-order valence-electron chi connectivity index (χ0n) is 17.0. The summed E-state index contributed by atoms with van der Waals surface area (Å²) in [5.74, 6) is -0.630. The van der Waals surface area contributed by atoms with E-state index in [1.54, 1.807) is 72.8 Å². The number of nitrogens with zero attached hydrogens (tertiary/aromatic N) is 2. The van der Waals surface area contributed by atoms with Crippen molar-refractivity contribution in [1.82, 2.24) is 4.57 Å². The molecule has 0 saturated carbocycles. The molecular weight excluding hydrogens is 477 g/mol. The van der Waals surface area contributed by atoms with Crippen LogP contribution in [0.5, 0.6) is 0 Å². The number of para-hydroxylation sites is 1. The number of nitrogens with one attached hydrogen (secondary N) is 1. The summed E-state index contributed by atoms with van der Waals surface area (Å²) in [6, 6.07) is 24.5. The van der Waals surface area contributed by atoms with Crippen molar-refractivity contribution in [3.8, 4) is 11.8 Å². The van der Waals surface area contributed by atoms with Crippen LogP contribution in [0, 0.1) is 11.3 Å². The third kappa shape index (κ3) is 4.91. The quantitative estimate of drug-likeness (QED) is 0.461. The third-order valence-electron chi connectivity index (χ3n) is 4.68. The zero-order valence-corrected chi connectivity index (χ0v) is 19.3. The van der Waals surface area contributed by atoms with E-state index < -0.39 is 5.91 Å². The number of anilines is 1. The highest BCUT2D eigenvalue weighted by atomic mass is 35.5. The Hall–Kier alpha value is -3.63. The molecule has 5 nitrogen and oxygen atoms in total.